The van der Waals surface area contributed by atoms with E-state index in [1.54, 1.807) is 12.1 Å². The van der Waals surface area contributed by atoms with Crippen LogP contribution in [0.4, 0.5) is 0 Å². The minimum Gasteiger partial charge on any atom is -0.373 e. The Morgan fingerprint density at radius 2 is 1.84 bits per heavy atom. The van der Waals surface area contributed by atoms with E-state index < -0.39 is 10.0 Å². The van der Waals surface area contributed by atoms with Crippen LogP contribution in [0.5, 0.6) is 0 Å². The van der Waals surface area contributed by atoms with E-state index in [4.69, 9.17) is 9.88 Å². The molecule has 1 fully saturated rings. The highest BCUT2D eigenvalue weighted by Gasteiger charge is 2.28. The number of hydrogen-bond acceptors (Lipinski definition) is 5. The highest BCUT2D eigenvalue weighted by atomic mass is 32.2. The summed E-state index contributed by atoms with van der Waals surface area (Å²) in [5.41, 5.74) is 0.939. The molecule has 3 N–H and O–H groups in total. The summed E-state index contributed by atoms with van der Waals surface area (Å²) in [4.78, 5) is 14.6. The number of sulfonamides is 1. The number of primary sulfonamides is 1. The molecule has 8 heteroatoms. The Morgan fingerprint density at radius 1 is 1.28 bits per heavy atom. The van der Waals surface area contributed by atoms with Crippen LogP contribution >= 0.6 is 0 Å². The van der Waals surface area contributed by atoms with Gasteiger partial charge in [-0.25, -0.2) is 13.6 Å². The van der Waals surface area contributed by atoms with Crippen LogP contribution in [0.2, 0.25) is 0 Å². The first-order chi connectivity index (χ1) is 11.7. The summed E-state index contributed by atoms with van der Waals surface area (Å²) in [7, 11) is -3.67. The summed E-state index contributed by atoms with van der Waals surface area (Å²) in [6.07, 6.45) is 0.868. The van der Waals surface area contributed by atoms with Crippen LogP contribution in [0.15, 0.2) is 29.2 Å². The van der Waals surface area contributed by atoms with E-state index in [0.717, 1.165) is 18.7 Å². The zero-order valence-electron chi connectivity index (χ0n) is 14.9. The molecule has 1 aliphatic heterocycles. The Labute approximate surface area is 149 Å². The number of amides is 1. The third-order valence-corrected chi connectivity index (χ3v) is 5.27. The van der Waals surface area contributed by atoms with Gasteiger partial charge in [-0.2, -0.15) is 0 Å². The average Bonchev–Trinajstić information content (AvgIpc) is 2.52. The van der Waals surface area contributed by atoms with E-state index in [9.17, 15) is 13.2 Å². The molecule has 0 saturated carbocycles. The zero-order valence-corrected chi connectivity index (χ0v) is 15.8. The number of carbonyl (C=O) groups excluding carboxylic acids is 1. The Hall–Kier alpha value is -1.48. The fraction of sp³-hybridized carbons (Fsp3) is 0.588. The molecule has 3 atom stereocenters. The van der Waals surface area contributed by atoms with Crippen LogP contribution in [0.1, 0.15) is 26.3 Å². The van der Waals surface area contributed by atoms with Crippen molar-refractivity contribution in [3.05, 3.63) is 29.8 Å². The van der Waals surface area contributed by atoms with Crippen molar-refractivity contribution < 1.29 is 17.9 Å². The smallest absolute Gasteiger partial charge is 0.238 e. The van der Waals surface area contributed by atoms with E-state index in [0.29, 0.717) is 13.0 Å². The molecule has 1 saturated heterocycles. The Kier molecular flexibility index (Phi) is 6.56. The van der Waals surface area contributed by atoms with Gasteiger partial charge in [-0.3, -0.25) is 9.69 Å². The van der Waals surface area contributed by atoms with Crippen LogP contribution in [-0.2, 0) is 26.0 Å². The monoisotopic (exact) mass is 369 g/mol. The van der Waals surface area contributed by atoms with Crippen LogP contribution in [0.3, 0.4) is 0 Å². The minimum atomic E-state index is -3.67. The summed E-state index contributed by atoms with van der Waals surface area (Å²) < 4.78 is 28.1. The second kappa shape index (κ2) is 8.27. The molecule has 0 spiro atoms. The van der Waals surface area contributed by atoms with E-state index >= 15 is 0 Å². The maximum absolute atomic E-state index is 12.3. The van der Waals surface area contributed by atoms with Gasteiger partial charge in [0.25, 0.3) is 0 Å². The molecule has 1 aromatic rings. The van der Waals surface area contributed by atoms with Crippen molar-refractivity contribution in [1.29, 1.82) is 0 Å². The first kappa shape index (κ1) is 19.8. The minimum absolute atomic E-state index is 0.0116. The number of carbonyl (C=O) groups is 1. The summed E-state index contributed by atoms with van der Waals surface area (Å²) in [5.74, 6) is -0.0116. The average molecular weight is 369 g/mol. The molecular formula is C17H27N3O4S. The molecule has 1 aromatic carbocycles. The van der Waals surface area contributed by atoms with Crippen molar-refractivity contribution in [2.45, 2.75) is 50.3 Å². The molecule has 0 unspecified atom stereocenters. The predicted molar refractivity (Wildman–Crippen MR) is 95.6 cm³/mol. The SMILES string of the molecule is C[C@@H]1CN([C@H](C)C(=O)NCCc2ccc(S(N)(=O)=O)cc2)C[C@H](C)O1. The molecule has 0 aromatic heterocycles. The molecule has 0 aliphatic carbocycles. The van der Waals surface area contributed by atoms with Crippen molar-refractivity contribution in [3.63, 3.8) is 0 Å². The topological polar surface area (TPSA) is 102 Å². The molecule has 1 aliphatic rings. The molecule has 1 amide bonds. The number of hydrogen-bond donors (Lipinski definition) is 2. The van der Waals surface area contributed by atoms with E-state index in [-0.39, 0.29) is 29.1 Å². The van der Waals surface area contributed by atoms with Crippen LogP contribution in [0, 0.1) is 0 Å². The molecule has 0 bridgehead atoms. The van der Waals surface area contributed by atoms with Crippen LogP contribution < -0.4 is 10.5 Å². The van der Waals surface area contributed by atoms with E-state index in [2.05, 4.69) is 10.2 Å². The second-order valence-electron chi connectivity index (χ2n) is 6.62. The lowest BCUT2D eigenvalue weighted by atomic mass is 10.1. The lowest BCUT2D eigenvalue weighted by molar-refractivity contribution is -0.131. The number of nitrogens with two attached hydrogens (primary N) is 1. The number of morpholine rings is 1. The standard InChI is InChI=1S/C17H27N3O4S/c1-12-10-20(11-13(2)24-12)14(3)17(21)19-9-8-15-4-6-16(7-5-15)25(18,22)23/h4-7,12-14H,8-11H2,1-3H3,(H,19,21)(H2,18,22,23)/t12-,13+,14-/m1/s1. The Bertz CT molecular complexity index is 680. The van der Waals surface area contributed by atoms with Gasteiger partial charge in [0.05, 0.1) is 23.1 Å². The molecule has 25 heavy (non-hydrogen) atoms. The van der Waals surface area contributed by atoms with Gasteiger partial charge in [0.15, 0.2) is 0 Å². The third-order valence-electron chi connectivity index (χ3n) is 4.34. The first-order valence-electron chi connectivity index (χ1n) is 8.46. The van der Waals surface area contributed by atoms with Crippen molar-refractivity contribution in [3.8, 4) is 0 Å². The summed E-state index contributed by atoms with van der Waals surface area (Å²) in [5, 5.41) is 8.01. The molecular weight excluding hydrogens is 342 g/mol. The predicted octanol–water partition coefficient (Wildman–Crippen LogP) is 0.490. The number of rotatable bonds is 6. The summed E-state index contributed by atoms with van der Waals surface area (Å²) in [6.45, 7) is 7.91. The summed E-state index contributed by atoms with van der Waals surface area (Å²) in [6, 6.07) is 6.16. The maximum Gasteiger partial charge on any atom is 0.238 e. The molecule has 1 heterocycles. The van der Waals surface area contributed by atoms with Crippen LogP contribution in [0.25, 0.3) is 0 Å². The van der Waals surface area contributed by atoms with Gasteiger partial charge in [-0.1, -0.05) is 12.1 Å². The summed E-state index contributed by atoms with van der Waals surface area (Å²) >= 11 is 0. The van der Waals surface area contributed by atoms with Crippen molar-refractivity contribution in [2.75, 3.05) is 19.6 Å². The zero-order chi connectivity index (χ0) is 18.6. The second-order valence-corrected chi connectivity index (χ2v) is 8.18. The Morgan fingerprint density at radius 3 is 2.36 bits per heavy atom. The lowest BCUT2D eigenvalue weighted by Crippen LogP contribution is -2.54. The van der Waals surface area contributed by atoms with Crippen molar-refractivity contribution >= 4 is 15.9 Å². The fourth-order valence-electron chi connectivity index (χ4n) is 3.02. The van der Waals surface area contributed by atoms with E-state index in [1.807, 2.05) is 20.8 Å². The number of nitrogens with zero attached hydrogens (tertiary/aromatic N) is 1. The quantitative estimate of drug-likeness (QED) is 0.760. The Balaban J connectivity index is 1.81. The van der Waals surface area contributed by atoms with Gasteiger partial charge < -0.3 is 10.1 Å². The van der Waals surface area contributed by atoms with Gasteiger partial charge >= 0.3 is 0 Å². The first-order valence-corrected chi connectivity index (χ1v) is 10.0. The molecule has 2 rings (SSSR count). The fourth-order valence-corrected chi connectivity index (χ4v) is 3.54. The van der Waals surface area contributed by atoms with Crippen molar-refractivity contribution in [2.24, 2.45) is 5.14 Å². The molecule has 0 radical (unpaired) electrons. The lowest BCUT2D eigenvalue weighted by Gasteiger charge is -2.38. The normalized spacial score (nSPS) is 23.2. The van der Waals surface area contributed by atoms with Gasteiger partial charge in [0.1, 0.15) is 0 Å². The highest BCUT2D eigenvalue weighted by molar-refractivity contribution is 7.89. The molecule has 140 valence electrons. The largest absolute Gasteiger partial charge is 0.373 e. The number of benzene rings is 1. The number of nitrogens with one attached hydrogen (secondary N) is 1. The molecule has 7 nitrogen and oxygen atoms in total. The highest BCUT2D eigenvalue weighted by Crippen LogP contribution is 2.14. The van der Waals surface area contributed by atoms with Crippen molar-refractivity contribution in [1.82, 2.24) is 10.2 Å². The maximum atomic E-state index is 12.3. The van der Waals surface area contributed by atoms with Gasteiger partial charge in [-0.15, -0.1) is 0 Å². The van der Waals surface area contributed by atoms with Gasteiger partial charge in [0, 0.05) is 19.6 Å². The van der Waals surface area contributed by atoms with Gasteiger partial charge in [-0.05, 0) is 44.9 Å². The van der Waals surface area contributed by atoms with E-state index in [1.165, 1.54) is 12.1 Å². The number of ether oxygens (including phenoxy) is 1. The van der Waals surface area contributed by atoms with Gasteiger partial charge in [0.2, 0.25) is 15.9 Å². The third kappa shape index (κ3) is 5.78. The van der Waals surface area contributed by atoms with Crippen LogP contribution in [-0.4, -0.2) is 57.1 Å².